The lowest BCUT2D eigenvalue weighted by Gasteiger charge is -2.10. The van der Waals surface area contributed by atoms with E-state index in [-0.39, 0.29) is 12.3 Å². The molecule has 0 fully saturated rings. The van der Waals surface area contributed by atoms with Crippen molar-refractivity contribution in [1.82, 2.24) is 20.0 Å². The molecule has 0 saturated carbocycles. The number of aromatic nitrogens is 4. The van der Waals surface area contributed by atoms with Crippen molar-refractivity contribution in [3.63, 3.8) is 0 Å². The number of benzene rings is 2. The molecule has 7 heteroatoms. The maximum Gasteiger partial charge on any atom is 0.253 e. The van der Waals surface area contributed by atoms with Crippen LogP contribution in [0.2, 0.25) is 5.15 Å². The molecule has 0 bridgehead atoms. The Labute approximate surface area is 160 Å². The van der Waals surface area contributed by atoms with Gasteiger partial charge in [0.1, 0.15) is 16.4 Å². The van der Waals surface area contributed by atoms with E-state index in [1.54, 1.807) is 19.2 Å². The summed E-state index contributed by atoms with van der Waals surface area (Å²) in [7, 11) is 1.60. The van der Waals surface area contributed by atoms with Gasteiger partial charge in [0.25, 0.3) is 5.91 Å². The number of pyridine rings is 1. The first-order valence-corrected chi connectivity index (χ1v) is 8.67. The SMILES string of the molecule is COc1cccc(-c2nc(Cl)ccc2CC(=O)n2nnc3ccccc32)c1. The largest absolute Gasteiger partial charge is 0.497 e. The third-order valence-electron chi connectivity index (χ3n) is 4.22. The Kier molecular flexibility index (Phi) is 4.56. The summed E-state index contributed by atoms with van der Waals surface area (Å²) in [4.78, 5) is 17.3. The minimum atomic E-state index is -0.197. The molecule has 2 heterocycles. The zero-order valence-corrected chi connectivity index (χ0v) is 15.2. The predicted molar refractivity (Wildman–Crippen MR) is 103 cm³/mol. The number of ether oxygens (including phenoxy) is 1. The van der Waals surface area contributed by atoms with Crippen molar-refractivity contribution in [3.05, 3.63) is 71.4 Å². The molecule has 4 rings (SSSR count). The molecule has 134 valence electrons. The van der Waals surface area contributed by atoms with Crippen LogP contribution in [0.15, 0.2) is 60.7 Å². The molecule has 0 radical (unpaired) electrons. The van der Waals surface area contributed by atoms with E-state index in [1.807, 2.05) is 48.5 Å². The van der Waals surface area contributed by atoms with Crippen molar-refractivity contribution >= 4 is 28.5 Å². The molecular formula is C20H15ClN4O2. The molecule has 27 heavy (non-hydrogen) atoms. The molecule has 0 N–H and O–H groups in total. The fraction of sp³-hybridized carbons (Fsp3) is 0.100. The van der Waals surface area contributed by atoms with E-state index >= 15 is 0 Å². The molecule has 2 aromatic carbocycles. The molecular weight excluding hydrogens is 364 g/mol. The van der Waals surface area contributed by atoms with E-state index in [9.17, 15) is 4.79 Å². The summed E-state index contributed by atoms with van der Waals surface area (Å²) in [6.07, 6.45) is 0.115. The average molecular weight is 379 g/mol. The molecule has 4 aromatic rings. The lowest BCUT2D eigenvalue weighted by atomic mass is 10.0. The average Bonchev–Trinajstić information content (AvgIpc) is 3.13. The molecule has 0 amide bonds. The molecule has 0 aliphatic carbocycles. The van der Waals surface area contributed by atoms with Gasteiger partial charge in [-0.1, -0.05) is 47.1 Å². The van der Waals surface area contributed by atoms with Crippen LogP contribution in [0.1, 0.15) is 10.4 Å². The lowest BCUT2D eigenvalue weighted by molar-refractivity contribution is 0.0901. The Balaban J connectivity index is 1.73. The van der Waals surface area contributed by atoms with Crippen LogP contribution in [-0.2, 0) is 6.42 Å². The zero-order valence-electron chi connectivity index (χ0n) is 14.5. The number of halogens is 1. The minimum absolute atomic E-state index is 0.115. The van der Waals surface area contributed by atoms with Crippen molar-refractivity contribution in [2.45, 2.75) is 6.42 Å². The van der Waals surface area contributed by atoms with Crippen LogP contribution in [0, 0.1) is 0 Å². The predicted octanol–water partition coefficient (Wildman–Crippen LogP) is 4.04. The van der Waals surface area contributed by atoms with E-state index in [0.29, 0.717) is 27.6 Å². The number of methoxy groups -OCH3 is 1. The lowest BCUT2D eigenvalue weighted by Crippen LogP contribution is -2.16. The van der Waals surface area contributed by atoms with E-state index in [1.165, 1.54) is 4.68 Å². The number of hydrogen-bond acceptors (Lipinski definition) is 5. The van der Waals surface area contributed by atoms with Crippen LogP contribution in [0.25, 0.3) is 22.3 Å². The second-order valence-electron chi connectivity index (χ2n) is 5.93. The summed E-state index contributed by atoms with van der Waals surface area (Å²) in [5.41, 5.74) is 3.56. The highest BCUT2D eigenvalue weighted by molar-refractivity contribution is 6.29. The molecule has 0 unspecified atom stereocenters. The van der Waals surface area contributed by atoms with Gasteiger partial charge in [0.15, 0.2) is 0 Å². The summed E-state index contributed by atoms with van der Waals surface area (Å²) < 4.78 is 6.60. The van der Waals surface area contributed by atoms with E-state index in [4.69, 9.17) is 16.3 Å². The smallest absolute Gasteiger partial charge is 0.253 e. The number of fused-ring (bicyclic) bond motifs is 1. The van der Waals surface area contributed by atoms with Gasteiger partial charge in [0, 0.05) is 5.56 Å². The van der Waals surface area contributed by atoms with Gasteiger partial charge in [-0.25, -0.2) is 4.98 Å². The Hall–Kier alpha value is -3.25. The number of para-hydroxylation sites is 1. The van der Waals surface area contributed by atoms with Crippen molar-refractivity contribution in [2.75, 3.05) is 7.11 Å². The molecule has 0 spiro atoms. The second-order valence-corrected chi connectivity index (χ2v) is 6.32. The van der Waals surface area contributed by atoms with Gasteiger partial charge in [0.05, 0.1) is 24.7 Å². The topological polar surface area (TPSA) is 69.9 Å². The first-order chi connectivity index (χ1) is 13.2. The van der Waals surface area contributed by atoms with Crippen molar-refractivity contribution < 1.29 is 9.53 Å². The third kappa shape index (κ3) is 3.39. The fourth-order valence-electron chi connectivity index (χ4n) is 2.92. The highest BCUT2D eigenvalue weighted by Gasteiger charge is 2.16. The van der Waals surface area contributed by atoms with Crippen molar-refractivity contribution in [2.24, 2.45) is 0 Å². The highest BCUT2D eigenvalue weighted by atomic mass is 35.5. The summed E-state index contributed by atoms with van der Waals surface area (Å²) >= 11 is 6.10. The maximum atomic E-state index is 12.9. The molecule has 0 saturated heterocycles. The number of rotatable bonds is 4. The van der Waals surface area contributed by atoms with Gasteiger partial charge in [-0.15, -0.1) is 5.10 Å². The Morgan fingerprint density at radius 3 is 2.81 bits per heavy atom. The molecule has 6 nitrogen and oxygen atoms in total. The van der Waals surface area contributed by atoms with Gasteiger partial charge in [-0.2, -0.15) is 4.68 Å². The number of hydrogen-bond donors (Lipinski definition) is 0. The van der Waals surface area contributed by atoms with Gasteiger partial charge >= 0.3 is 0 Å². The maximum absolute atomic E-state index is 12.9. The summed E-state index contributed by atoms with van der Waals surface area (Å²) in [5.74, 6) is 0.505. The van der Waals surface area contributed by atoms with Gasteiger partial charge in [-0.05, 0) is 35.9 Å². The molecule has 2 aromatic heterocycles. The van der Waals surface area contributed by atoms with Gasteiger partial charge in [0.2, 0.25) is 0 Å². The van der Waals surface area contributed by atoms with E-state index < -0.39 is 0 Å². The van der Waals surface area contributed by atoms with Gasteiger partial charge in [-0.3, -0.25) is 4.79 Å². The van der Waals surface area contributed by atoms with Crippen LogP contribution in [0.5, 0.6) is 5.75 Å². The first kappa shape index (κ1) is 17.2. The summed E-state index contributed by atoms with van der Waals surface area (Å²) in [5, 5.41) is 8.38. The highest BCUT2D eigenvalue weighted by Crippen LogP contribution is 2.27. The number of nitrogens with zero attached hydrogens (tertiary/aromatic N) is 4. The van der Waals surface area contributed by atoms with E-state index in [0.717, 1.165) is 11.1 Å². The minimum Gasteiger partial charge on any atom is -0.497 e. The van der Waals surface area contributed by atoms with Crippen LogP contribution >= 0.6 is 11.6 Å². The fourth-order valence-corrected chi connectivity index (χ4v) is 3.07. The second kappa shape index (κ2) is 7.17. The standard InChI is InChI=1S/C20H15ClN4O2/c1-27-15-6-4-5-13(11-15)20-14(9-10-18(21)22-20)12-19(26)25-17-8-3-2-7-16(17)23-24-25/h2-11H,12H2,1H3. The summed E-state index contributed by atoms with van der Waals surface area (Å²) in [6.45, 7) is 0. The van der Waals surface area contributed by atoms with Crippen LogP contribution in [0.3, 0.4) is 0 Å². The van der Waals surface area contributed by atoms with Crippen molar-refractivity contribution in [1.29, 1.82) is 0 Å². The summed E-state index contributed by atoms with van der Waals surface area (Å²) in [6, 6.07) is 18.3. The van der Waals surface area contributed by atoms with Gasteiger partial charge < -0.3 is 4.74 Å². The van der Waals surface area contributed by atoms with Crippen LogP contribution in [0.4, 0.5) is 0 Å². The first-order valence-electron chi connectivity index (χ1n) is 8.29. The Morgan fingerprint density at radius 2 is 1.96 bits per heavy atom. The molecule has 0 aliphatic rings. The monoisotopic (exact) mass is 378 g/mol. The van der Waals surface area contributed by atoms with E-state index in [2.05, 4.69) is 15.3 Å². The number of carbonyl (C=O) groups excluding carboxylic acids is 1. The number of carbonyl (C=O) groups is 1. The quantitative estimate of drug-likeness (QED) is 0.501. The van der Waals surface area contributed by atoms with Crippen LogP contribution in [-0.4, -0.2) is 33.0 Å². The van der Waals surface area contributed by atoms with Crippen LogP contribution < -0.4 is 4.74 Å². The Morgan fingerprint density at radius 1 is 1.11 bits per heavy atom. The molecule has 0 atom stereocenters. The molecule has 0 aliphatic heterocycles. The third-order valence-corrected chi connectivity index (χ3v) is 4.43. The zero-order chi connectivity index (χ0) is 18.8. The normalized spacial score (nSPS) is 10.9. The van der Waals surface area contributed by atoms with Crippen molar-refractivity contribution in [3.8, 4) is 17.0 Å². The Bertz CT molecular complexity index is 1140.